The van der Waals surface area contributed by atoms with Gasteiger partial charge in [0.15, 0.2) is 0 Å². The number of thiophene rings is 1. The van der Waals surface area contributed by atoms with E-state index in [0.29, 0.717) is 18.8 Å². The minimum Gasteiger partial charge on any atom is -0.351 e. The number of benzene rings is 1. The van der Waals surface area contributed by atoms with E-state index >= 15 is 0 Å². The maximum Gasteiger partial charge on any atom is 0.271 e. The minimum absolute atomic E-state index is 0.0391. The van der Waals surface area contributed by atoms with Gasteiger partial charge in [-0.25, -0.2) is 0 Å². The van der Waals surface area contributed by atoms with E-state index in [9.17, 15) is 9.59 Å². The van der Waals surface area contributed by atoms with Crippen LogP contribution in [0.1, 0.15) is 55.1 Å². The minimum atomic E-state index is -0.937. The molecule has 0 saturated heterocycles. The summed E-state index contributed by atoms with van der Waals surface area (Å²) in [5.41, 5.74) is 0.771. The van der Waals surface area contributed by atoms with E-state index in [1.807, 2.05) is 59.3 Å². The van der Waals surface area contributed by atoms with Gasteiger partial charge < -0.3 is 14.8 Å². The van der Waals surface area contributed by atoms with Crippen molar-refractivity contribution in [3.63, 3.8) is 0 Å². The van der Waals surface area contributed by atoms with Crippen LogP contribution < -0.4 is 5.32 Å². The zero-order valence-corrected chi connectivity index (χ0v) is 18.1. The van der Waals surface area contributed by atoms with E-state index in [0.717, 1.165) is 41.5 Å². The molecule has 2 aromatic heterocycles. The highest BCUT2D eigenvalue weighted by atomic mass is 32.1. The SMILES string of the molecule is CC1(C(=O)NC2CCCCC2)Cn2c(cc3ccsc32)C(=O)N1Cc1ccccc1. The zero-order chi connectivity index (χ0) is 20.7. The molecule has 3 heterocycles. The predicted molar refractivity (Wildman–Crippen MR) is 120 cm³/mol. The summed E-state index contributed by atoms with van der Waals surface area (Å²) in [5, 5.41) is 6.40. The average Bonchev–Trinajstić information content (AvgIpc) is 3.35. The Labute approximate surface area is 180 Å². The Balaban J connectivity index is 1.53. The van der Waals surface area contributed by atoms with Gasteiger partial charge in [-0.1, -0.05) is 49.6 Å². The fraction of sp³-hybridized carbons (Fsp3) is 0.417. The van der Waals surface area contributed by atoms with Crippen LogP contribution in [-0.4, -0.2) is 32.9 Å². The average molecular weight is 422 g/mol. The molecule has 0 spiro atoms. The molecule has 1 aromatic carbocycles. The molecule has 1 atom stereocenters. The summed E-state index contributed by atoms with van der Waals surface area (Å²) in [7, 11) is 0. The van der Waals surface area contributed by atoms with Crippen LogP contribution in [0.2, 0.25) is 0 Å². The van der Waals surface area contributed by atoms with Crippen molar-refractivity contribution in [3.05, 3.63) is 59.1 Å². The Bertz CT molecular complexity index is 1080. The standard InChI is InChI=1S/C24H27N3O2S/c1-24(23(29)25-19-10-6-3-7-11-19)16-26-20(14-18-12-13-30-22(18)26)21(28)27(24)15-17-8-4-2-5-9-17/h2,4-5,8-9,12-14,19H,3,6-7,10-11,15-16H2,1H3,(H,25,29). The molecule has 30 heavy (non-hydrogen) atoms. The second-order valence-corrected chi connectivity index (χ2v) is 9.65. The Morgan fingerprint density at radius 1 is 1.17 bits per heavy atom. The first-order valence-electron chi connectivity index (χ1n) is 10.8. The van der Waals surface area contributed by atoms with Gasteiger partial charge >= 0.3 is 0 Å². The van der Waals surface area contributed by atoms with E-state index in [1.165, 1.54) is 6.42 Å². The zero-order valence-electron chi connectivity index (χ0n) is 17.3. The van der Waals surface area contributed by atoms with Crippen LogP contribution in [0.3, 0.4) is 0 Å². The molecular formula is C24H27N3O2S. The van der Waals surface area contributed by atoms with Gasteiger partial charge in [0.25, 0.3) is 5.91 Å². The molecule has 0 bridgehead atoms. The number of fused-ring (bicyclic) bond motifs is 3. The number of nitrogens with one attached hydrogen (secondary N) is 1. The van der Waals surface area contributed by atoms with E-state index in [1.54, 1.807) is 16.2 Å². The van der Waals surface area contributed by atoms with Crippen molar-refractivity contribution in [3.8, 4) is 0 Å². The lowest BCUT2D eigenvalue weighted by molar-refractivity contribution is -0.134. The summed E-state index contributed by atoms with van der Waals surface area (Å²) in [6.45, 7) is 2.82. The van der Waals surface area contributed by atoms with E-state index in [2.05, 4.69) is 5.32 Å². The summed E-state index contributed by atoms with van der Waals surface area (Å²) in [5.74, 6) is -0.113. The molecule has 5 rings (SSSR count). The summed E-state index contributed by atoms with van der Waals surface area (Å²) >= 11 is 1.62. The van der Waals surface area contributed by atoms with Crippen LogP contribution in [0, 0.1) is 0 Å². The third-order valence-electron chi connectivity index (χ3n) is 6.64. The first kappa shape index (κ1) is 19.4. The molecule has 1 fully saturated rings. The third-order valence-corrected chi connectivity index (χ3v) is 7.59. The van der Waals surface area contributed by atoms with Crippen molar-refractivity contribution in [1.29, 1.82) is 0 Å². The van der Waals surface area contributed by atoms with Crippen LogP contribution in [0.5, 0.6) is 0 Å². The van der Waals surface area contributed by atoms with Gasteiger partial charge in [-0.15, -0.1) is 11.3 Å². The van der Waals surface area contributed by atoms with Crippen molar-refractivity contribution in [2.75, 3.05) is 0 Å². The van der Waals surface area contributed by atoms with E-state index in [-0.39, 0.29) is 17.9 Å². The quantitative estimate of drug-likeness (QED) is 0.671. The smallest absolute Gasteiger partial charge is 0.271 e. The fourth-order valence-electron chi connectivity index (χ4n) is 4.86. The summed E-state index contributed by atoms with van der Waals surface area (Å²) in [6.07, 6.45) is 5.61. The highest BCUT2D eigenvalue weighted by molar-refractivity contribution is 7.16. The lowest BCUT2D eigenvalue weighted by atomic mass is 9.91. The molecule has 156 valence electrons. The lowest BCUT2D eigenvalue weighted by Crippen LogP contribution is -2.64. The number of hydrogen-bond donors (Lipinski definition) is 1. The Kier molecular flexibility index (Phi) is 4.89. The van der Waals surface area contributed by atoms with Crippen molar-refractivity contribution in [1.82, 2.24) is 14.8 Å². The number of amides is 2. The molecule has 1 aliphatic carbocycles. The monoisotopic (exact) mass is 421 g/mol. The summed E-state index contributed by atoms with van der Waals surface area (Å²) in [4.78, 5) is 30.1. The summed E-state index contributed by atoms with van der Waals surface area (Å²) in [6, 6.07) is 14.2. The normalized spacial score (nSPS) is 22.3. The van der Waals surface area contributed by atoms with Gasteiger partial charge in [-0.2, -0.15) is 0 Å². The predicted octanol–water partition coefficient (Wildman–Crippen LogP) is 4.57. The summed E-state index contributed by atoms with van der Waals surface area (Å²) < 4.78 is 2.05. The first-order chi connectivity index (χ1) is 14.6. The fourth-order valence-corrected chi connectivity index (χ4v) is 5.76. The number of aromatic nitrogens is 1. The van der Waals surface area contributed by atoms with Crippen LogP contribution >= 0.6 is 11.3 Å². The Morgan fingerprint density at radius 3 is 2.70 bits per heavy atom. The highest BCUT2D eigenvalue weighted by Gasteiger charge is 2.48. The van der Waals surface area contributed by atoms with Gasteiger partial charge in [-0.3, -0.25) is 9.59 Å². The molecule has 3 aromatic rings. The number of carbonyl (C=O) groups excluding carboxylic acids is 2. The van der Waals surface area contributed by atoms with Gasteiger partial charge in [0.2, 0.25) is 5.91 Å². The van der Waals surface area contributed by atoms with Crippen molar-refractivity contribution in [2.24, 2.45) is 0 Å². The Hall–Kier alpha value is -2.60. The second kappa shape index (κ2) is 7.58. The molecular weight excluding hydrogens is 394 g/mol. The third kappa shape index (κ3) is 3.23. The molecule has 1 N–H and O–H groups in total. The van der Waals surface area contributed by atoms with Gasteiger partial charge in [0.05, 0.1) is 6.54 Å². The number of rotatable bonds is 4. The maximum atomic E-state index is 13.6. The lowest BCUT2D eigenvalue weighted by Gasteiger charge is -2.44. The van der Waals surface area contributed by atoms with Gasteiger partial charge in [0.1, 0.15) is 16.1 Å². The molecule has 1 unspecified atom stereocenters. The topological polar surface area (TPSA) is 54.3 Å². The van der Waals surface area contributed by atoms with Crippen LogP contribution in [-0.2, 0) is 17.9 Å². The maximum absolute atomic E-state index is 13.6. The molecule has 1 aliphatic heterocycles. The second-order valence-electron chi connectivity index (χ2n) is 8.76. The number of nitrogens with zero attached hydrogens (tertiary/aromatic N) is 2. The van der Waals surface area contributed by atoms with Crippen molar-refractivity contribution in [2.45, 2.75) is 63.7 Å². The highest BCUT2D eigenvalue weighted by Crippen LogP contribution is 2.35. The number of carbonyl (C=O) groups is 2. The van der Waals surface area contributed by atoms with Gasteiger partial charge in [0, 0.05) is 18.0 Å². The van der Waals surface area contributed by atoms with E-state index in [4.69, 9.17) is 0 Å². The van der Waals surface area contributed by atoms with Gasteiger partial charge in [-0.05, 0) is 42.8 Å². The first-order valence-corrected chi connectivity index (χ1v) is 11.7. The number of hydrogen-bond acceptors (Lipinski definition) is 3. The van der Waals surface area contributed by atoms with Crippen molar-refractivity contribution < 1.29 is 9.59 Å². The van der Waals surface area contributed by atoms with Crippen LogP contribution in [0.25, 0.3) is 10.2 Å². The molecule has 5 nitrogen and oxygen atoms in total. The molecule has 6 heteroatoms. The molecule has 1 saturated carbocycles. The molecule has 2 amide bonds. The molecule has 0 radical (unpaired) electrons. The van der Waals surface area contributed by atoms with Crippen LogP contribution in [0.15, 0.2) is 47.8 Å². The Morgan fingerprint density at radius 2 is 1.93 bits per heavy atom. The van der Waals surface area contributed by atoms with E-state index < -0.39 is 5.54 Å². The van der Waals surface area contributed by atoms with Crippen LogP contribution in [0.4, 0.5) is 0 Å². The molecule has 2 aliphatic rings. The van der Waals surface area contributed by atoms with Crippen molar-refractivity contribution >= 4 is 33.4 Å². The largest absolute Gasteiger partial charge is 0.351 e.